The minimum Gasteiger partial charge on any atom is -0.326 e. The van der Waals surface area contributed by atoms with Gasteiger partial charge in [0.25, 0.3) is 0 Å². The smallest absolute Gasteiger partial charge is 0.228 e. The summed E-state index contributed by atoms with van der Waals surface area (Å²) >= 11 is 17.6. The Morgan fingerprint density at radius 2 is 1.81 bits per heavy atom. The van der Waals surface area contributed by atoms with Gasteiger partial charge < -0.3 is 5.32 Å². The van der Waals surface area contributed by atoms with Crippen LogP contribution in [0, 0.1) is 11.3 Å². The highest BCUT2D eigenvalue weighted by molar-refractivity contribution is 6.42. The summed E-state index contributed by atoms with van der Waals surface area (Å²) in [7, 11) is 0. The zero-order chi connectivity index (χ0) is 15.4. The molecule has 0 aliphatic rings. The zero-order valence-corrected chi connectivity index (χ0v) is 12.9. The number of hydrogen-bond acceptors (Lipinski definition) is 2. The molecule has 0 aliphatic heterocycles. The van der Waals surface area contributed by atoms with Crippen LogP contribution in [0.15, 0.2) is 36.4 Å². The van der Waals surface area contributed by atoms with E-state index in [0.29, 0.717) is 26.3 Å². The van der Waals surface area contributed by atoms with E-state index in [4.69, 9.17) is 40.1 Å². The maximum atomic E-state index is 11.9. The standard InChI is InChI=1S/C15H9Cl3N2O/c16-12-4-1-9(5-14(12)18)6-15(21)20-11-3-2-10(8-19)13(17)7-11/h1-5,7H,6H2,(H,20,21). The van der Waals surface area contributed by atoms with Gasteiger partial charge in [-0.2, -0.15) is 5.26 Å². The van der Waals surface area contributed by atoms with Crippen molar-refractivity contribution in [2.24, 2.45) is 0 Å². The summed E-state index contributed by atoms with van der Waals surface area (Å²) < 4.78 is 0. The van der Waals surface area contributed by atoms with Crippen LogP contribution in [0.5, 0.6) is 0 Å². The molecule has 3 nitrogen and oxygen atoms in total. The van der Waals surface area contributed by atoms with Gasteiger partial charge in [-0.15, -0.1) is 0 Å². The second-order valence-electron chi connectivity index (χ2n) is 4.28. The number of amides is 1. The van der Waals surface area contributed by atoms with Gasteiger partial charge in [-0.05, 0) is 35.9 Å². The normalized spacial score (nSPS) is 10.0. The third-order valence-electron chi connectivity index (χ3n) is 2.72. The Kier molecular flexibility index (Phi) is 5.08. The van der Waals surface area contributed by atoms with E-state index >= 15 is 0 Å². The number of carbonyl (C=O) groups is 1. The number of carbonyl (C=O) groups excluding carboxylic acids is 1. The molecule has 0 saturated heterocycles. The van der Waals surface area contributed by atoms with Gasteiger partial charge in [-0.25, -0.2) is 0 Å². The predicted octanol–water partition coefficient (Wildman–Crippen LogP) is 4.70. The third kappa shape index (κ3) is 4.12. The van der Waals surface area contributed by atoms with E-state index in [1.807, 2.05) is 6.07 Å². The Morgan fingerprint density at radius 3 is 2.43 bits per heavy atom. The van der Waals surface area contributed by atoms with Crippen molar-refractivity contribution in [2.45, 2.75) is 6.42 Å². The van der Waals surface area contributed by atoms with E-state index < -0.39 is 0 Å². The van der Waals surface area contributed by atoms with Crippen LogP contribution in [0.25, 0.3) is 0 Å². The number of nitrogens with one attached hydrogen (secondary N) is 1. The lowest BCUT2D eigenvalue weighted by atomic mass is 10.1. The largest absolute Gasteiger partial charge is 0.326 e. The van der Waals surface area contributed by atoms with Crippen LogP contribution in [-0.4, -0.2) is 5.91 Å². The fourth-order valence-corrected chi connectivity index (χ4v) is 2.27. The predicted molar refractivity (Wildman–Crippen MR) is 85.0 cm³/mol. The van der Waals surface area contributed by atoms with E-state index in [9.17, 15) is 4.79 Å². The number of nitrogens with zero attached hydrogens (tertiary/aromatic N) is 1. The van der Waals surface area contributed by atoms with Gasteiger partial charge in [-0.1, -0.05) is 40.9 Å². The van der Waals surface area contributed by atoms with Crippen LogP contribution < -0.4 is 5.32 Å². The maximum Gasteiger partial charge on any atom is 0.228 e. The topological polar surface area (TPSA) is 52.9 Å². The molecular formula is C15H9Cl3N2O. The van der Waals surface area contributed by atoms with Gasteiger partial charge >= 0.3 is 0 Å². The lowest BCUT2D eigenvalue weighted by Crippen LogP contribution is -2.14. The molecule has 1 amide bonds. The van der Waals surface area contributed by atoms with Crippen molar-refractivity contribution in [2.75, 3.05) is 5.32 Å². The first-order chi connectivity index (χ1) is 9.99. The Morgan fingerprint density at radius 1 is 1.05 bits per heavy atom. The van der Waals surface area contributed by atoms with Gasteiger partial charge in [-0.3, -0.25) is 4.79 Å². The zero-order valence-electron chi connectivity index (χ0n) is 10.7. The summed E-state index contributed by atoms with van der Waals surface area (Å²) in [6, 6.07) is 11.7. The fraction of sp³-hybridized carbons (Fsp3) is 0.0667. The van der Waals surface area contributed by atoms with Gasteiger partial charge in [0.05, 0.1) is 27.1 Å². The molecule has 0 bridgehead atoms. The number of rotatable bonds is 3. The molecule has 0 aromatic heterocycles. The lowest BCUT2D eigenvalue weighted by molar-refractivity contribution is -0.115. The summed E-state index contributed by atoms with van der Waals surface area (Å²) in [5.41, 5.74) is 1.64. The number of anilines is 1. The molecule has 106 valence electrons. The quantitative estimate of drug-likeness (QED) is 0.881. The van der Waals surface area contributed by atoms with E-state index in [2.05, 4.69) is 5.32 Å². The van der Waals surface area contributed by atoms with E-state index in [0.717, 1.165) is 5.56 Å². The van der Waals surface area contributed by atoms with Crippen LogP contribution >= 0.6 is 34.8 Å². The molecule has 1 N–H and O–H groups in total. The highest BCUT2D eigenvalue weighted by atomic mass is 35.5. The molecule has 2 rings (SSSR count). The molecule has 2 aromatic rings. The van der Waals surface area contributed by atoms with Gasteiger partial charge in [0.1, 0.15) is 6.07 Å². The first-order valence-corrected chi connectivity index (χ1v) is 7.06. The Balaban J connectivity index is 2.06. The average Bonchev–Trinajstić information content (AvgIpc) is 2.43. The molecule has 0 fully saturated rings. The second-order valence-corrected chi connectivity index (χ2v) is 5.50. The monoisotopic (exact) mass is 338 g/mol. The first kappa shape index (κ1) is 15.7. The van der Waals surface area contributed by atoms with Gasteiger partial charge in [0.2, 0.25) is 5.91 Å². The van der Waals surface area contributed by atoms with Crippen LogP contribution in [0.1, 0.15) is 11.1 Å². The van der Waals surface area contributed by atoms with Crippen molar-refractivity contribution in [1.29, 1.82) is 5.26 Å². The molecule has 0 atom stereocenters. The molecule has 0 radical (unpaired) electrons. The summed E-state index contributed by atoms with van der Waals surface area (Å²) in [5.74, 6) is -0.214. The minimum absolute atomic E-state index is 0.161. The summed E-state index contributed by atoms with van der Waals surface area (Å²) in [4.78, 5) is 11.9. The summed E-state index contributed by atoms with van der Waals surface area (Å²) in [6.07, 6.45) is 0.161. The average molecular weight is 340 g/mol. The maximum absolute atomic E-state index is 11.9. The van der Waals surface area contributed by atoms with Crippen molar-refractivity contribution < 1.29 is 4.79 Å². The number of halogens is 3. The van der Waals surface area contributed by atoms with Crippen molar-refractivity contribution in [3.8, 4) is 6.07 Å². The molecule has 21 heavy (non-hydrogen) atoms. The van der Waals surface area contributed by atoms with Gasteiger partial charge in [0.15, 0.2) is 0 Å². The van der Waals surface area contributed by atoms with Crippen LogP contribution in [0.2, 0.25) is 15.1 Å². The lowest BCUT2D eigenvalue weighted by Gasteiger charge is -2.07. The Hall–Kier alpha value is -1.73. The summed E-state index contributed by atoms with van der Waals surface area (Å²) in [5, 5.41) is 12.6. The number of hydrogen-bond donors (Lipinski definition) is 1. The molecule has 0 unspecified atom stereocenters. The molecule has 0 aliphatic carbocycles. The van der Waals surface area contributed by atoms with E-state index in [-0.39, 0.29) is 12.3 Å². The highest BCUT2D eigenvalue weighted by Crippen LogP contribution is 2.23. The highest BCUT2D eigenvalue weighted by Gasteiger charge is 2.08. The van der Waals surface area contributed by atoms with Crippen LogP contribution in [0.4, 0.5) is 5.69 Å². The van der Waals surface area contributed by atoms with E-state index in [1.165, 1.54) is 6.07 Å². The van der Waals surface area contributed by atoms with Crippen LogP contribution in [-0.2, 0) is 11.2 Å². The minimum atomic E-state index is -0.214. The van der Waals surface area contributed by atoms with Crippen molar-refractivity contribution in [1.82, 2.24) is 0 Å². The second kappa shape index (κ2) is 6.82. The Labute approximate surface area is 137 Å². The van der Waals surface area contributed by atoms with Crippen LogP contribution in [0.3, 0.4) is 0 Å². The molecular weight excluding hydrogens is 331 g/mol. The molecule has 2 aromatic carbocycles. The Bertz CT molecular complexity index is 738. The molecule has 6 heteroatoms. The first-order valence-electron chi connectivity index (χ1n) is 5.93. The SMILES string of the molecule is N#Cc1ccc(NC(=O)Cc2ccc(Cl)c(Cl)c2)cc1Cl. The van der Waals surface area contributed by atoms with Crippen molar-refractivity contribution in [3.05, 3.63) is 62.6 Å². The summed E-state index contributed by atoms with van der Waals surface area (Å²) in [6.45, 7) is 0. The van der Waals surface area contributed by atoms with Gasteiger partial charge in [0, 0.05) is 5.69 Å². The third-order valence-corrected chi connectivity index (χ3v) is 3.77. The molecule has 0 heterocycles. The molecule has 0 saturated carbocycles. The fourth-order valence-electron chi connectivity index (χ4n) is 1.72. The molecule has 0 spiro atoms. The number of benzene rings is 2. The van der Waals surface area contributed by atoms with Crippen molar-refractivity contribution >= 4 is 46.4 Å². The van der Waals surface area contributed by atoms with Crippen molar-refractivity contribution in [3.63, 3.8) is 0 Å². The number of nitriles is 1. The van der Waals surface area contributed by atoms with E-state index in [1.54, 1.807) is 30.3 Å².